The molecule has 3 rings (SSSR count). The van der Waals surface area contributed by atoms with Gasteiger partial charge < -0.3 is 10.3 Å². The van der Waals surface area contributed by atoms with E-state index in [0.29, 0.717) is 5.92 Å². The van der Waals surface area contributed by atoms with Crippen molar-refractivity contribution in [3.8, 4) is 0 Å². The summed E-state index contributed by atoms with van der Waals surface area (Å²) in [6.07, 6.45) is 2.01. The van der Waals surface area contributed by atoms with Gasteiger partial charge in [-0.25, -0.2) is 4.79 Å². The Bertz CT molecular complexity index is 698. The Morgan fingerprint density at radius 2 is 1.96 bits per heavy atom. The van der Waals surface area contributed by atoms with Crippen molar-refractivity contribution < 1.29 is 9.59 Å². The molecular weight excluding hydrogens is 304 g/mol. The van der Waals surface area contributed by atoms with Crippen molar-refractivity contribution in [1.82, 2.24) is 20.5 Å². The van der Waals surface area contributed by atoms with Crippen LogP contribution in [0.15, 0.2) is 30.3 Å². The first-order valence-corrected chi connectivity index (χ1v) is 8.42. The molecule has 6 nitrogen and oxygen atoms in total. The van der Waals surface area contributed by atoms with Crippen LogP contribution in [-0.4, -0.2) is 48.0 Å². The van der Waals surface area contributed by atoms with Gasteiger partial charge in [-0.2, -0.15) is 0 Å². The molecule has 1 aromatic heterocycles. The fourth-order valence-corrected chi connectivity index (χ4v) is 3.36. The Morgan fingerprint density at radius 3 is 2.62 bits per heavy atom. The number of nitrogens with one attached hydrogen (secondary N) is 3. The minimum Gasteiger partial charge on any atom is -0.358 e. The van der Waals surface area contributed by atoms with Crippen LogP contribution in [0.5, 0.6) is 0 Å². The van der Waals surface area contributed by atoms with Gasteiger partial charge in [-0.15, -0.1) is 0 Å². The van der Waals surface area contributed by atoms with E-state index < -0.39 is 6.03 Å². The molecule has 0 saturated carbocycles. The number of aromatic nitrogens is 1. The van der Waals surface area contributed by atoms with Crippen molar-refractivity contribution in [1.29, 1.82) is 0 Å². The number of imide groups is 1. The lowest BCUT2D eigenvalue weighted by Crippen LogP contribution is -2.50. The lowest BCUT2D eigenvalue weighted by atomic mass is 9.92. The summed E-state index contributed by atoms with van der Waals surface area (Å²) in [5, 5.41) is 6.00. The molecule has 1 aromatic carbocycles. The highest BCUT2D eigenvalue weighted by molar-refractivity contribution is 5.96. The summed E-state index contributed by atoms with van der Waals surface area (Å²) in [6, 6.07) is 9.78. The normalized spacial score (nSPS) is 17.6. The van der Waals surface area contributed by atoms with Crippen molar-refractivity contribution in [2.45, 2.75) is 31.7 Å². The second-order valence-electron chi connectivity index (χ2n) is 6.37. The third-order valence-corrected chi connectivity index (χ3v) is 4.91. The second kappa shape index (κ2) is 7.05. The van der Waals surface area contributed by atoms with Crippen LogP contribution in [0.1, 0.15) is 31.4 Å². The zero-order chi connectivity index (χ0) is 17.1. The monoisotopic (exact) mass is 328 g/mol. The molecule has 1 aliphatic heterocycles. The summed E-state index contributed by atoms with van der Waals surface area (Å²) in [5.41, 5.74) is 2.45. The maximum Gasteiger partial charge on any atom is 0.321 e. The number of fused-ring (bicyclic) bond motifs is 1. The van der Waals surface area contributed by atoms with Gasteiger partial charge in [0.15, 0.2) is 0 Å². The van der Waals surface area contributed by atoms with E-state index in [1.165, 1.54) is 23.6 Å². The van der Waals surface area contributed by atoms with Crippen LogP contribution in [0, 0.1) is 0 Å². The molecule has 0 radical (unpaired) electrons. The molecule has 2 heterocycles. The first-order valence-electron chi connectivity index (χ1n) is 8.42. The van der Waals surface area contributed by atoms with Gasteiger partial charge in [0.2, 0.25) is 5.91 Å². The molecule has 1 fully saturated rings. The number of para-hydroxylation sites is 1. The first kappa shape index (κ1) is 16.5. The van der Waals surface area contributed by atoms with Crippen LogP contribution in [0.25, 0.3) is 10.9 Å². The lowest BCUT2D eigenvalue weighted by molar-refractivity contribution is -0.125. The summed E-state index contributed by atoms with van der Waals surface area (Å²) < 4.78 is 0. The smallest absolute Gasteiger partial charge is 0.321 e. The van der Waals surface area contributed by atoms with E-state index in [4.69, 9.17) is 0 Å². The number of carbonyl (C=O) groups excluding carboxylic acids is 2. The Labute approximate surface area is 141 Å². The van der Waals surface area contributed by atoms with Crippen LogP contribution in [-0.2, 0) is 4.79 Å². The number of likely N-dealkylation sites (tertiary alicyclic amines) is 1. The standard InChI is InChI=1S/C18H24N4O2/c1-12(17(23)21-18(24)19-2)22-9-7-13(8-10-22)16-11-14-5-3-4-6-15(14)20-16/h3-6,11-13,20H,7-10H2,1-2H3,(H2,19,21,23,24)/t12-/m0/s1. The third-order valence-electron chi connectivity index (χ3n) is 4.91. The highest BCUT2D eigenvalue weighted by atomic mass is 16.2. The van der Waals surface area contributed by atoms with Crippen molar-refractivity contribution in [3.05, 3.63) is 36.0 Å². The fourth-order valence-electron chi connectivity index (χ4n) is 3.36. The number of urea groups is 1. The average molecular weight is 328 g/mol. The molecule has 24 heavy (non-hydrogen) atoms. The van der Waals surface area contributed by atoms with Gasteiger partial charge in [0, 0.05) is 24.2 Å². The first-order chi connectivity index (χ1) is 11.6. The molecule has 3 amide bonds. The van der Waals surface area contributed by atoms with Crippen molar-refractivity contribution in [3.63, 3.8) is 0 Å². The Hall–Kier alpha value is -2.34. The zero-order valence-electron chi connectivity index (χ0n) is 14.1. The number of hydrogen-bond donors (Lipinski definition) is 3. The van der Waals surface area contributed by atoms with Crippen molar-refractivity contribution in [2.75, 3.05) is 20.1 Å². The predicted octanol–water partition coefficient (Wildman–Crippen LogP) is 2.19. The maximum absolute atomic E-state index is 12.1. The van der Waals surface area contributed by atoms with Gasteiger partial charge in [0.05, 0.1) is 6.04 Å². The molecule has 0 spiro atoms. The maximum atomic E-state index is 12.1. The van der Waals surface area contributed by atoms with E-state index in [1.807, 2.05) is 13.0 Å². The fraction of sp³-hybridized carbons (Fsp3) is 0.444. The molecule has 3 N–H and O–H groups in total. The zero-order valence-corrected chi connectivity index (χ0v) is 14.1. The summed E-state index contributed by atoms with van der Waals surface area (Å²) in [4.78, 5) is 29.0. The molecule has 6 heteroatoms. The summed E-state index contributed by atoms with van der Waals surface area (Å²) in [6.45, 7) is 3.55. The van der Waals surface area contributed by atoms with Crippen LogP contribution < -0.4 is 10.6 Å². The van der Waals surface area contributed by atoms with E-state index in [-0.39, 0.29) is 11.9 Å². The number of carbonyl (C=O) groups is 2. The van der Waals surface area contributed by atoms with Crippen molar-refractivity contribution in [2.24, 2.45) is 0 Å². The topological polar surface area (TPSA) is 77.2 Å². The largest absolute Gasteiger partial charge is 0.358 e. The summed E-state index contributed by atoms with van der Waals surface area (Å²) in [5.74, 6) is 0.237. The number of nitrogens with zero attached hydrogens (tertiary/aromatic N) is 1. The molecule has 1 saturated heterocycles. The van der Waals surface area contributed by atoms with Gasteiger partial charge in [-0.3, -0.25) is 15.0 Å². The van der Waals surface area contributed by atoms with Crippen LogP contribution in [0.3, 0.4) is 0 Å². The molecule has 1 atom stereocenters. The second-order valence-corrected chi connectivity index (χ2v) is 6.37. The van der Waals surface area contributed by atoms with Crippen LogP contribution in [0.4, 0.5) is 4.79 Å². The number of amides is 3. The van der Waals surface area contributed by atoms with Crippen molar-refractivity contribution >= 4 is 22.8 Å². The predicted molar refractivity (Wildman–Crippen MR) is 93.9 cm³/mol. The lowest BCUT2D eigenvalue weighted by Gasteiger charge is -2.34. The van der Waals surface area contributed by atoms with Crippen LogP contribution >= 0.6 is 0 Å². The molecule has 2 aromatic rings. The van der Waals surface area contributed by atoms with Gasteiger partial charge in [0.25, 0.3) is 0 Å². The highest BCUT2D eigenvalue weighted by Crippen LogP contribution is 2.30. The van der Waals surface area contributed by atoms with Gasteiger partial charge in [-0.1, -0.05) is 18.2 Å². The molecule has 128 valence electrons. The SMILES string of the molecule is CNC(=O)NC(=O)[C@H](C)N1CCC(c2cc3ccccc3[nH]2)CC1. The summed E-state index contributed by atoms with van der Waals surface area (Å²) in [7, 11) is 1.50. The molecular formula is C18H24N4O2. The molecule has 1 aliphatic rings. The van der Waals surface area contributed by atoms with E-state index in [1.54, 1.807) is 0 Å². The third kappa shape index (κ3) is 3.43. The summed E-state index contributed by atoms with van der Waals surface area (Å²) >= 11 is 0. The molecule has 0 unspecified atom stereocenters. The highest BCUT2D eigenvalue weighted by Gasteiger charge is 2.28. The van der Waals surface area contributed by atoms with Gasteiger partial charge in [0.1, 0.15) is 0 Å². The molecule has 0 aliphatic carbocycles. The number of hydrogen-bond acceptors (Lipinski definition) is 3. The number of benzene rings is 1. The number of H-pyrrole nitrogens is 1. The van der Waals surface area contributed by atoms with Crippen LogP contribution in [0.2, 0.25) is 0 Å². The van der Waals surface area contributed by atoms with E-state index in [2.05, 4.69) is 44.8 Å². The molecule has 0 bridgehead atoms. The number of aromatic amines is 1. The average Bonchev–Trinajstić information content (AvgIpc) is 3.05. The minimum absolute atomic E-state index is 0.251. The van der Waals surface area contributed by atoms with E-state index >= 15 is 0 Å². The Kier molecular flexibility index (Phi) is 4.85. The Morgan fingerprint density at radius 1 is 1.25 bits per heavy atom. The minimum atomic E-state index is -0.459. The van der Waals surface area contributed by atoms with E-state index in [9.17, 15) is 9.59 Å². The number of piperidine rings is 1. The van der Waals surface area contributed by atoms with E-state index in [0.717, 1.165) is 25.9 Å². The van der Waals surface area contributed by atoms with Gasteiger partial charge in [-0.05, 0) is 50.4 Å². The van der Waals surface area contributed by atoms with Gasteiger partial charge >= 0.3 is 6.03 Å². The quantitative estimate of drug-likeness (QED) is 0.808. The Balaban J connectivity index is 1.59. The number of rotatable bonds is 3.